The molecule has 2 N–H and O–H groups in total. The number of nitrogen functional groups attached to an aromatic ring is 1. The van der Waals surface area contributed by atoms with Gasteiger partial charge >= 0.3 is 5.97 Å². The molecular formula is C10H9N3O3. The van der Waals surface area contributed by atoms with Crippen molar-refractivity contribution in [2.75, 3.05) is 5.73 Å². The first-order chi connectivity index (χ1) is 7.66. The predicted molar refractivity (Wildman–Crippen MR) is 55.5 cm³/mol. The molecule has 0 saturated heterocycles. The number of aromatic nitrogens is 2. The number of carbonyl (C=O) groups is 1. The highest BCUT2D eigenvalue weighted by molar-refractivity contribution is 5.71. The number of nitrogens with zero attached hydrogens (tertiary/aromatic N) is 2. The summed E-state index contributed by atoms with van der Waals surface area (Å²) in [5, 5.41) is 0. The van der Waals surface area contributed by atoms with E-state index in [0.717, 1.165) is 5.56 Å². The van der Waals surface area contributed by atoms with Crippen molar-refractivity contribution in [3.63, 3.8) is 0 Å². The quantitative estimate of drug-likeness (QED) is 0.764. The highest BCUT2D eigenvalue weighted by Crippen LogP contribution is 2.22. The third-order valence-corrected chi connectivity index (χ3v) is 1.82. The number of carbonyl (C=O) groups excluding carboxylic acids is 1. The van der Waals surface area contributed by atoms with Crippen LogP contribution in [0.15, 0.2) is 29.2 Å². The summed E-state index contributed by atoms with van der Waals surface area (Å²) in [5.41, 5.74) is 6.78. The van der Waals surface area contributed by atoms with Gasteiger partial charge in [0.05, 0.1) is 24.4 Å². The van der Waals surface area contributed by atoms with Gasteiger partial charge in [-0.1, -0.05) is 0 Å². The van der Waals surface area contributed by atoms with Crippen molar-refractivity contribution in [2.45, 2.75) is 6.92 Å². The van der Waals surface area contributed by atoms with Gasteiger partial charge in [-0.05, 0) is 6.07 Å². The largest absolute Gasteiger partial charge is 0.472 e. The van der Waals surface area contributed by atoms with E-state index in [9.17, 15) is 4.79 Å². The van der Waals surface area contributed by atoms with Crippen LogP contribution in [0, 0.1) is 0 Å². The number of rotatable bonds is 2. The van der Waals surface area contributed by atoms with Crippen molar-refractivity contribution in [3.8, 4) is 17.1 Å². The van der Waals surface area contributed by atoms with Crippen molar-refractivity contribution in [1.82, 2.24) is 9.97 Å². The molecule has 0 unspecified atom stereocenters. The lowest BCUT2D eigenvalue weighted by Crippen LogP contribution is -2.07. The Labute approximate surface area is 91.1 Å². The topological polar surface area (TPSA) is 91.2 Å². The first-order valence-corrected chi connectivity index (χ1v) is 4.50. The van der Waals surface area contributed by atoms with Crippen LogP contribution in [0.25, 0.3) is 11.3 Å². The lowest BCUT2D eigenvalue weighted by Gasteiger charge is -2.04. The smallest absolute Gasteiger partial charge is 0.309 e. The van der Waals surface area contributed by atoms with E-state index < -0.39 is 5.97 Å². The van der Waals surface area contributed by atoms with E-state index in [1.807, 2.05) is 0 Å². The zero-order chi connectivity index (χ0) is 11.5. The standard InChI is InChI=1S/C10H9N3O3/c1-6(14)16-10-9(11)12-4-8(13-10)7-2-3-15-5-7/h2-5H,1H3,(H2,11,12). The molecule has 0 fully saturated rings. The normalized spacial score (nSPS) is 10.1. The predicted octanol–water partition coefficient (Wildman–Crippen LogP) is 1.24. The van der Waals surface area contributed by atoms with Crippen molar-refractivity contribution >= 4 is 11.8 Å². The second kappa shape index (κ2) is 4.01. The molecule has 0 amide bonds. The van der Waals surface area contributed by atoms with Crippen LogP contribution in [-0.4, -0.2) is 15.9 Å². The van der Waals surface area contributed by atoms with Gasteiger partial charge in [-0.3, -0.25) is 4.79 Å². The number of anilines is 1. The van der Waals surface area contributed by atoms with Crippen LogP contribution in [0.3, 0.4) is 0 Å². The first kappa shape index (κ1) is 10.2. The van der Waals surface area contributed by atoms with Crippen LogP contribution >= 0.6 is 0 Å². The third kappa shape index (κ3) is 2.00. The molecule has 0 aliphatic rings. The van der Waals surface area contributed by atoms with Gasteiger partial charge in [-0.2, -0.15) is 0 Å². The van der Waals surface area contributed by atoms with Crippen LogP contribution in [0.2, 0.25) is 0 Å². The van der Waals surface area contributed by atoms with Crippen molar-refractivity contribution in [2.24, 2.45) is 0 Å². The zero-order valence-electron chi connectivity index (χ0n) is 8.51. The van der Waals surface area contributed by atoms with E-state index >= 15 is 0 Å². The third-order valence-electron chi connectivity index (χ3n) is 1.82. The molecule has 2 aromatic heterocycles. The molecule has 0 saturated carbocycles. The van der Waals surface area contributed by atoms with Crippen molar-refractivity contribution in [3.05, 3.63) is 24.8 Å². The van der Waals surface area contributed by atoms with Gasteiger partial charge in [0.25, 0.3) is 5.88 Å². The van der Waals surface area contributed by atoms with E-state index in [1.54, 1.807) is 6.07 Å². The van der Waals surface area contributed by atoms with E-state index in [1.165, 1.54) is 25.6 Å². The van der Waals surface area contributed by atoms with E-state index in [-0.39, 0.29) is 11.7 Å². The van der Waals surface area contributed by atoms with Crippen LogP contribution < -0.4 is 10.5 Å². The number of ether oxygens (including phenoxy) is 1. The Hall–Kier alpha value is -2.37. The summed E-state index contributed by atoms with van der Waals surface area (Å²) in [6, 6.07) is 1.72. The monoisotopic (exact) mass is 219 g/mol. The molecule has 82 valence electrons. The molecular weight excluding hydrogens is 210 g/mol. The second-order valence-electron chi connectivity index (χ2n) is 3.05. The number of furan rings is 1. The van der Waals surface area contributed by atoms with Gasteiger partial charge in [0.2, 0.25) is 0 Å². The lowest BCUT2D eigenvalue weighted by atomic mass is 10.2. The molecule has 0 aromatic carbocycles. The summed E-state index contributed by atoms with van der Waals surface area (Å²) in [6.07, 6.45) is 4.50. The Morgan fingerprint density at radius 1 is 1.56 bits per heavy atom. The summed E-state index contributed by atoms with van der Waals surface area (Å²) in [7, 11) is 0. The van der Waals surface area contributed by atoms with Gasteiger partial charge in [0.1, 0.15) is 0 Å². The minimum Gasteiger partial charge on any atom is -0.472 e. The summed E-state index contributed by atoms with van der Waals surface area (Å²) >= 11 is 0. The summed E-state index contributed by atoms with van der Waals surface area (Å²) in [5.74, 6) is -0.418. The minimum atomic E-state index is -0.495. The van der Waals surface area contributed by atoms with E-state index in [2.05, 4.69) is 9.97 Å². The highest BCUT2D eigenvalue weighted by atomic mass is 16.5. The second-order valence-corrected chi connectivity index (χ2v) is 3.05. The fourth-order valence-corrected chi connectivity index (χ4v) is 1.14. The maximum Gasteiger partial charge on any atom is 0.309 e. The van der Waals surface area contributed by atoms with Crippen LogP contribution in [0.4, 0.5) is 5.82 Å². The Bertz CT molecular complexity index is 508. The Balaban J connectivity index is 2.39. The number of nitrogens with two attached hydrogens (primary N) is 1. The van der Waals surface area contributed by atoms with Gasteiger partial charge in [0.15, 0.2) is 5.82 Å². The Morgan fingerprint density at radius 3 is 3.00 bits per heavy atom. The molecule has 0 bridgehead atoms. The average molecular weight is 219 g/mol. The van der Waals surface area contributed by atoms with E-state index in [0.29, 0.717) is 5.69 Å². The molecule has 2 rings (SSSR count). The zero-order valence-corrected chi connectivity index (χ0v) is 8.51. The molecule has 16 heavy (non-hydrogen) atoms. The average Bonchev–Trinajstić information content (AvgIpc) is 2.73. The highest BCUT2D eigenvalue weighted by Gasteiger charge is 2.10. The van der Waals surface area contributed by atoms with Crippen molar-refractivity contribution in [1.29, 1.82) is 0 Å². The SMILES string of the molecule is CC(=O)Oc1nc(-c2ccoc2)cnc1N. The molecule has 0 aliphatic carbocycles. The number of esters is 1. The number of hydrogen-bond acceptors (Lipinski definition) is 6. The Kier molecular flexibility index (Phi) is 2.55. The van der Waals surface area contributed by atoms with Gasteiger partial charge in [-0.15, -0.1) is 0 Å². The summed E-state index contributed by atoms with van der Waals surface area (Å²) in [6.45, 7) is 1.27. The molecule has 0 radical (unpaired) electrons. The van der Waals surface area contributed by atoms with E-state index in [4.69, 9.17) is 14.9 Å². The summed E-state index contributed by atoms with van der Waals surface area (Å²) < 4.78 is 9.73. The van der Waals surface area contributed by atoms with Crippen LogP contribution in [0.5, 0.6) is 5.88 Å². The minimum absolute atomic E-state index is 0.00574. The van der Waals surface area contributed by atoms with Gasteiger partial charge in [0, 0.05) is 12.5 Å². The van der Waals surface area contributed by atoms with Crippen LogP contribution in [0.1, 0.15) is 6.92 Å². The van der Waals surface area contributed by atoms with Crippen LogP contribution in [-0.2, 0) is 4.79 Å². The number of hydrogen-bond donors (Lipinski definition) is 1. The fraction of sp³-hybridized carbons (Fsp3) is 0.100. The van der Waals surface area contributed by atoms with Gasteiger partial charge < -0.3 is 14.9 Å². The fourth-order valence-electron chi connectivity index (χ4n) is 1.14. The molecule has 0 atom stereocenters. The lowest BCUT2D eigenvalue weighted by molar-refractivity contribution is -0.132. The maximum absolute atomic E-state index is 10.8. The molecule has 6 heteroatoms. The molecule has 0 aliphatic heterocycles. The molecule has 0 spiro atoms. The molecule has 2 heterocycles. The van der Waals surface area contributed by atoms with Crippen molar-refractivity contribution < 1.29 is 13.9 Å². The first-order valence-electron chi connectivity index (χ1n) is 4.50. The summed E-state index contributed by atoms with van der Waals surface area (Å²) in [4.78, 5) is 18.7. The Morgan fingerprint density at radius 2 is 2.38 bits per heavy atom. The molecule has 6 nitrogen and oxygen atoms in total. The molecule has 2 aromatic rings. The maximum atomic E-state index is 10.8. The van der Waals surface area contributed by atoms with Gasteiger partial charge in [-0.25, -0.2) is 9.97 Å².